The molecule has 0 amide bonds. The highest BCUT2D eigenvalue weighted by molar-refractivity contribution is 6.31. The van der Waals surface area contributed by atoms with Crippen molar-refractivity contribution in [1.29, 1.82) is 0 Å². The summed E-state index contributed by atoms with van der Waals surface area (Å²) in [6, 6.07) is 6.63. The maximum atomic E-state index is 6.79. The third kappa shape index (κ3) is 5.03. The predicted octanol–water partition coefficient (Wildman–Crippen LogP) is 7.21. The van der Waals surface area contributed by atoms with E-state index in [4.69, 9.17) is 11.6 Å². The van der Waals surface area contributed by atoms with Crippen LogP contribution >= 0.6 is 24.0 Å². The highest BCUT2D eigenvalue weighted by Crippen LogP contribution is 2.60. The fraction of sp³-hybridized carbons (Fsp3) is 0.704. The normalized spacial score (nSPS) is 32.4. The van der Waals surface area contributed by atoms with Gasteiger partial charge in [0.2, 0.25) is 0 Å². The summed E-state index contributed by atoms with van der Waals surface area (Å²) < 4.78 is 0. The van der Waals surface area contributed by atoms with Crippen LogP contribution in [-0.2, 0) is 0 Å². The molecule has 4 bridgehead atoms. The van der Waals surface area contributed by atoms with E-state index in [9.17, 15) is 0 Å². The van der Waals surface area contributed by atoms with Gasteiger partial charge in [-0.05, 0) is 98.3 Å². The number of benzene rings is 1. The van der Waals surface area contributed by atoms with Crippen LogP contribution in [0.4, 0.5) is 0 Å². The molecule has 30 heavy (non-hydrogen) atoms. The zero-order chi connectivity index (χ0) is 19.6. The summed E-state index contributed by atoms with van der Waals surface area (Å²) in [7, 11) is 0. The number of halogens is 2. The molecule has 0 aromatic heterocycles. The van der Waals surface area contributed by atoms with Gasteiger partial charge in [-0.1, -0.05) is 61.6 Å². The third-order valence-electron chi connectivity index (χ3n) is 8.49. The molecule has 1 aromatic rings. The number of hydrogen-bond acceptors (Lipinski definition) is 1. The van der Waals surface area contributed by atoms with E-state index in [0.717, 1.165) is 53.3 Å². The Hall–Kier alpha value is -0.680. The molecule has 1 nitrogen and oxygen atoms in total. The van der Waals surface area contributed by atoms with Gasteiger partial charge in [0.05, 0.1) is 6.54 Å². The van der Waals surface area contributed by atoms with Crippen molar-refractivity contribution in [2.75, 3.05) is 13.1 Å². The van der Waals surface area contributed by atoms with E-state index in [2.05, 4.69) is 35.4 Å². The van der Waals surface area contributed by atoms with Gasteiger partial charge in [-0.25, -0.2) is 0 Å². The smallest absolute Gasteiger partial charge is 0.0580 e. The van der Waals surface area contributed by atoms with Crippen molar-refractivity contribution in [2.45, 2.75) is 76.5 Å². The molecule has 164 valence electrons. The number of nitrogens with one attached hydrogen (secondary N) is 1. The third-order valence-corrected chi connectivity index (χ3v) is 8.81. The Bertz CT molecular complexity index is 743. The van der Waals surface area contributed by atoms with E-state index in [1.165, 1.54) is 76.2 Å². The molecular weight excluding hydrogens is 409 g/mol. The Labute approximate surface area is 194 Å². The van der Waals surface area contributed by atoms with E-state index in [1.807, 2.05) is 0 Å². The lowest BCUT2D eigenvalue weighted by Crippen LogP contribution is -2.43. The van der Waals surface area contributed by atoms with Crippen LogP contribution in [0.2, 0.25) is 5.02 Å². The Kier molecular flexibility index (Phi) is 7.72. The average molecular weight is 447 g/mol. The number of rotatable bonds is 5. The van der Waals surface area contributed by atoms with Crippen LogP contribution in [0.15, 0.2) is 18.2 Å². The summed E-state index contributed by atoms with van der Waals surface area (Å²) in [6.45, 7) is 1.88. The SMILES string of the molecule is Cl.Clc1cc(C#CCNCCC2CCCCC2)ccc1C1C2CC3CC(C2)CC1C3. The van der Waals surface area contributed by atoms with Crippen LogP contribution in [0.25, 0.3) is 0 Å². The van der Waals surface area contributed by atoms with Crippen LogP contribution in [0.3, 0.4) is 0 Å². The van der Waals surface area contributed by atoms with Gasteiger partial charge in [0.25, 0.3) is 0 Å². The quantitative estimate of drug-likeness (QED) is 0.372. The van der Waals surface area contributed by atoms with Crippen molar-refractivity contribution >= 4 is 24.0 Å². The fourth-order valence-corrected chi connectivity index (χ4v) is 7.69. The van der Waals surface area contributed by atoms with E-state index >= 15 is 0 Å². The molecule has 0 aliphatic heterocycles. The molecule has 1 aromatic carbocycles. The Morgan fingerprint density at radius 1 is 0.933 bits per heavy atom. The average Bonchev–Trinajstić information content (AvgIpc) is 2.72. The molecule has 0 unspecified atom stereocenters. The summed E-state index contributed by atoms with van der Waals surface area (Å²) in [4.78, 5) is 0. The molecule has 3 heteroatoms. The van der Waals surface area contributed by atoms with Crippen molar-refractivity contribution in [3.8, 4) is 11.8 Å². The number of hydrogen-bond donors (Lipinski definition) is 1. The second-order valence-corrected chi connectivity index (χ2v) is 10.9. The molecular formula is C27H37Cl2N. The summed E-state index contributed by atoms with van der Waals surface area (Å²) in [5.74, 6) is 12.1. The maximum Gasteiger partial charge on any atom is 0.0580 e. The summed E-state index contributed by atoms with van der Waals surface area (Å²) in [5.41, 5.74) is 2.48. The van der Waals surface area contributed by atoms with Gasteiger partial charge < -0.3 is 5.32 Å². The molecule has 0 radical (unpaired) electrons. The zero-order valence-electron chi connectivity index (χ0n) is 18.2. The summed E-state index contributed by atoms with van der Waals surface area (Å²) >= 11 is 6.79. The lowest BCUT2D eigenvalue weighted by Gasteiger charge is -2.54. The Morgan fingerprint density at radius 3 is 2.30 bits per heavy atom. The van der Waals surface area contributed by atoms with Gasteiger partial charge in [-0.3, -0.25) is 0 Å². The molecule has 5 saturated carbocycles. The predicted molar refractivity (Wildman–Crippen MR) is 129 cm³/mol. The lowest BCUT2D eigenvalue weighted by atomic mass is 9.51. The second kappa shape index (κ2) is 10.3. The first-order valence-electron chi connectivity index (χ1n) is 12.3. The highest BCUT2D eigenvalue weighted by Gasteiger charge is 2.48. The molecule has 0 heterocycles. The summed E-state index contributed by atoms with van der Waals surface area (Å²) in [6.07, 6.45) is 15.8. The first kappa shape index (κ1) is 22.5. The van der Waals surface area contributed by atoms with Crippen LogP contribution in [0, 0.1) is 41.4 Å². The molecule has 0 spiro atoms. The standard InChI is InChI=1S/C27H36ClN.ClH/c28-26-18-20(7-4-11-29-12-10-19-5-2-1-3-6-19)8-9-25(26)27-23-14-21-13-22(16-23)17-24(27)15-21;/h8-9,18-19,21-24,27,29H,1-3,5-6,10-17H2;1H. The minimum atomic E-state index is 0. The Morgan fingerprint density at radius 2 is 1.63 bits per heavy atom. The van der Waals surface area contributed by atoms with Gasteiger partial charge in [-0.15, -0.1) is 12.4 Å². The zero-order valence-corrected chi connectivity index (χ0v) is 19.7. The first-order chi connectivity index (χ1) is 14.3. The largest absolute Gasteiger partial charge is 0.306 e. The van der Waals surface area contributed by atoms with Gasteiger partial charge in [0.15, 0.2) is 0 Å². The Balaban J connectivity index is 0.00000218. The molecule has 5 aliphatic rings. The minimum absolute atomic E-state index is 0. The van der Waals surface area contributed by atoms with E-state index in [1.54, 1.807) is 0 Å². The van der Waals surface area contributed by atoms with Crippen LogP contribution in [0.1, 0.15) is 87.7 Å². The van der Waals surface area contributed by atoms with Gasteiger partial charge in [0, 0.05) is 10.6 Å². The van der Waals surface area contributed by atoms with E-state index < -0.39 is 0 Å². The van der Waals surface area contributed by atoms with Gasteiger partial charge >= 0.3 is 0 Å². The van der Waals surface area contributed by atoms with Crippen LogP contribution in [0.5, 0.6) is 0 Å². The molecule has 1 N–H and O–H groups in total. The monoisotopic (exact) mass is 445 g/mol. The molecule has 5 aliphatic carbocycles. The fourth-order valence-electron chi connectivity index (χ4n) is 7.39. The highest BCUT2D eigenvalue weighted by atomic mass is 35.5. The van der Waals surface area contributed by atoms with E-state index in [-0.39, 0.29) is 12.4 Å². The van der Waals surface area contributed by atoms with Gasteiger partial charge in [0.1, 0.15) is 0 Å². The van der Waals surface area contributed by atoms with Gasteiger partial charge in [-0.2, -0.15) is 0 Å². The van der Waals surface area contributed by atoms with Crippen LogP contribution in [-0.4, -0.2) is 13.1 Å². The minimum Gasteiger partial charge on any atom is -0.306 e. The topological polar surface area (TPSA) is 12.0 Å². The summed E-state index contributed by atoms with van der Waals surface area (Å²) in [5, 5.41) is 4.47. The second-order valence-electron chi connectivity index (χ2n) is 10.5. The molecule has 0 saturated heterocycles. The maximum absolute atomic E-state index is 6.79. The van der Waals surface area contributed by atoms with Crippen molar-refractivity contribution in [3.05, 3.63) is 34.3 Å². The van der Waals surface area contributed by atoms with Crippen molar-refractivity contribution in [2.24, 2.45) is 29.6 Å². The van der Waals surface area contributed by atoms with E-state index in [0.29, 0.717) is 5.92 Å². The van der Waals surface area contributed by atoms with Crippen molar-refractivity contribution in [3.63, 3.8) is 0 Å². The molecule has 5 fully saturated rings. The lowest BCUT2D eigenvalue weighted by molar-refractivity contribution is -0.00275. The van der Waals surface area contributed by atoms with Crippen molar-refractivity contribution in [1.82, 2.24) is 5.32 Å². The van der Waals surface area contributed by atoms with Crippen molar-refractivity contribution < 1.29 is 0 Å². The molecule has 6 rings (SSSR count). The first-order valence-corrected chi connectivity index (χ1v) is 12.6. The van der Waals surface area contributed by atoms with Crippen LogP contribution < -0.4 is 5.32 Å². The molecule has 0 atom stereocenters.